The van der Waals surface area contributed by atoms with Crippen LogP contribution in [0.25, 0.3) is 0 Å². The van der Waals surface area contributed by atoms with Crippen LogP contribution in [0.1, 0.15) is 30.6 Å². The van der Waals surface area contributed by atoms with Gasteiger partial charge in [0.15, 0.2) is 6.61 Å². The van der Waals surface area contributed by atoms with Crippen molar-refractivity contribution in [3.8, 4) is 0 Å². The second-order valence-electron chi connectivity index (χ2n) is 7.30. The Bertz CT molecular complexity index is 819. The zero-order valence-corrected chi connectivity index (χ0v) is 19.0. The fraction of sp³-hybridized carbons (Fsp3) is 0.500. The third-order valence-corrected chi connectivity index (χ3v) is 5.62. The number of nitrogens with zero attached hydrogens (tertiary/aromatic N) is 2. The Morgan fingerprint density at radius 1 is 1.16 bits per heavy atom. The van der Waals surface area contributed by atoms with Gasteiger partial charge in [-0.2, -0.15) is 0 Å². The average Bonchev–Trinajstić information content (AvgIpc) is 2.78. The van der Waals surface area contributed by atoms with E-state index in [4.69, 9.17) is 27.5 Å². The van der Waals surface area contributed by atoms with Crippen molar-refractivity contribution in [3.05, 3.63) is 46.2 Å². The third-order valence-electron chi connectivity index (χ3n) is 5.29. The average molecular weight is 450 g/mol. The summed E-state index contributed by atoms with van der Waals surface area (Å²) in [6, 6.07) is 6.56. The van der Waals surface area contributed by atoms with Crippen molar-refractivity contribution in [2.24, 2.45) is 5.73 Å². The van der Waals surface area contributed by atoms with Crippen LogP contribution in [0.3, 0.4) is 0 Å². The molecule has 1 saturated heterocycles. The Balaban J connectivity index is 1.93. The third kappa shape index (κ3) is 7.34. The summed E-state index contributed by atoms with van der Waals surface area (Å²) >= 11 is 6.02. The lowest BCUT2D eigenvalue weighted by atomic mass is 10.1. The number of carbonyl (C=O) groups excluding carboxylic acids is 2. The molecule has 0 saturated carbocycles. The Morgan fingerprint density at radius 2 is 1.81 bits per heavy atom. The fourth-order valence-corrected chi connectivity index (χ4v) is 3.55. The molecule has 0 aromatic heterocycles. The number of nitrogens with one attached hydrogen (secondary N) is 2. The van der Waals surface area contributed by atoms with E-state index >= 15 is 0 Å². The van der Waals surface area contributed by atoms with E-state index < -0.39 is 18.4 Å². The molecule has 0 aliphatic carbocycles. The molecular formula is C22H32ClN5O3. The van der Waals surface area contributed by atoms with Crippen molar-refractivity contribution < 1.29 is 14.3 Å². The lowest BCUT2D eigenvalue weighted by Crippen LogP contribution is -2.48. The highest BCUT2D eigenvalue weighted by atomic mass is 35.5. The maximum Gasteiger partial charge on any atom is 0.344 e. The summed E-state index contributed by atoms with van der Waals surface area (Å²) in [6.45, 7) is 9.89. The van der Waals surface area contributed by atoms with E-state index in [-0.39, 0.29) is 22.7 Å². The lowest BCUT2D eigenvalue weighted by Gasteiger charge is -2.34. The van der Waals surface area contributed by atoms with Crippen LogP contribution in [0.2, 0.25) is 5.02 Å². The summed E-state index contributed by atoms with van der Waals surface area (Å²) in [6.07, 6.45) is 0.310. The van der Waals surface area contributed by atoms with Gasteiger partial charge in [-0.1, -0.05) is 37.6 Å². The summed E-state index contributed by atoms with van der Waals surface area (Å²) in [5, 5.41) is 11.4. The number of benzene rings is 1. The van der Waals surface area contributed by atoms with Gasteiger partial charge in [-0.3, -0.25) is 9.69 Å². The van der Waals surface area contributed by atoms with Crippen molar-refractivity contribution in [3.63, 3.8) is 0 Å². The minimum Gasteiger partial charge on any atom is -0.454 e. The molecule has 0 radical (unpaired) electrons. The molecule has 1 aromatic carbocycles. The van der Waals surface area contributed by atoms with E-state index in [9.17, 15) is 9.59 Å². The molecule has 1 aliphatic rings. The van der Waals surface area contributed by atoms with Gasteiger partial charge in [0.2, 0.25) is 5.78 Å². The number of nitrogens with two attached hydrogens (primary N) is 1. The van der Waals surface area contributed by atoms with Crippen molar-refractivity contribution in [1.82, 2.24) is 15.1 Å². The first-order chi connectivity index (χ1) is 14.9. The number of esters is 1. The maximum atomic E-state index is 12.6. The molecular weight excluding hydrogens is 418 g/mol. The molecule has 1 fully saturated rings. The van der Waals surface area contributed by atoms with Gasteiger partial charge < -0.3 is 26.1 Å². The van der Waals surface area contributed by atoms with Gasteiger partial charge in [0.1, 0.15) is 11.4 Å². The van der Waals surface area contributed by atoms with Gasteiger partial charge in [0.25, 0.3) is 0 Å². The molecule has 0 atom stereocenters. The van der Waals surface area contributed by atoms with Crippen molar-refractivity contribution in [1.29, 1.82) is 5.41 Å². The number of hydrogen-bond acceptors (Lipinski definition) is 8. The molecule has 1 heterocycles. The van der Waals surface area contributed by atoms with E-state index in [1.807, 2.05) is 0 Å². The number of halogens is 1. The second-order valence-corrected chi connectivity index (χ2v) is 7.71. The molecule has 0 unspecified atom stereocenters. The Kier molecular flexibility index (Phi) is 9.97. The molecule has 2 rings (SSSR count). The first-order valence-electron chi connectivity index (χ1n) is 10.6. The summed E-state index contributed by atoms with van der Waals surface area (Å²) in [5.74, 6) is -1.12. The van der Waals surface area contributed by atoms with Crippen LogP contribution in [0, 0.1) is 5.41 Å². The maximum absolute atomic E-state index is 12.6. The molecule has 31 heavy (non-hydrogen) atoms. The highest BCUT2D eigenvalue weighted by Gasteiger charge is 2.22. The SMILES string of the molecule is CCC(=N)/C(C(=O)OCC(=O)c1ccccc1Cl)=C(/N)NCCN1CCN(CC)CC1. The predicted octanol–water partition coefficient (Wildman–Crippen LogP) is 1.89. The van der Waals surface area contributed by atoms with Crippen molar-refractivity contribution in [2.75, 3.05) is 52.4 Å². The zero-order valence-electron chi connectivity index (χ0n) is 18.2. The predicted molar refractivity (Wildman–Crippen MR) is 123 cm³/mol. The van der Waals surface area contributed by atoms with Gasteiger partial charge in [0, 0.05) is 50.5 Å². The largest absolute Gasteiger partial charge is 0.454 e. The van der Waals surface area contributed by atoms with Crippen molar-refractivity contribution >= 4 is 29.1 Å². The first-order valence-corrected chi connectivity index (χ1v) is 11.0. The minimum absolute atomic E-state index is 0.0368. The summed E-state index contributed by atoms with van der Waals surface area (Å²) < 4.78 is 5.16. The topological polar surface area (TPSA) is 112 Å². The van der Waals surface area contributed by atoms with E-state index in [2.05, 4.69) is 22.0 Å². The Morgan fingerprint density at radius 3 is 2.42 bits per heavy atom. The number of Topliss-reactive ketones (excluding diaryl/α,β-unsaturated/α-hetero) is 1. The molecule has 0 spiro atoms. The highest BCUT2D eigenvalue weighted by Crippen LogP contribution is 2.16. The molecule has 9 heteroatoms. The fourth-order valence-electron chi connectivity index (χ4n) is 3.31. The van der Waals surface area contributed by atoms with Crippen LogP contribution in [0.5, 0.6) is 0 Å². The van der Waals surface area contributed by atoms with Crippen LogP contribution >= 0.6 is 11.6 Å². The Labute approximate surface area is 188 Å². The monoisotopic (exact) mass is 449 g/mol. The number of likely N-dealkylation sites (N-methyl/N-ethyl adjacent to an activating group) is 1. The number of hydrogen-bond donors (Lipinski definition) is 3. The van der Waals surface area contributed by atoms with E-state index in [0.29, 0.717) is 18.0 Å². The molecule has 1 aliphatic heterocycles. The Hall–Kier alpha value is -2.42. The van der Waals surface area contributed by atoms with Crippen LogP contribution in [0.15, 0.2) is 35.7 Å². The van der Waals surface area contributed by atoms with Gasteiger partial charge in [0.05, 0.1) is 5.02 Å². The van der Waals surface area contributed by atoms with E-state index in [0.717, 1.165) is 39.3 Å². The summed E-state index contributed by atoms with van der Waals surface area (Å²) in [5.41, 5.74) is 6.39. The summed E-state index contributed by atoms with van der Waals surface area (Å²) in [7, 11) is 0. The smallest absolute Gasteiger partial charge is 0.344 e. The van der Waals surface area contributed by atoms with E-state index in [1.54, 1.807) is 31.2 Å². The van der Waals surface area contributed by atoms with Gasteiger partial charge in [-0.05, 0) is 25.1 Å². The minimum atomic E-state index is -0.797. The number of rotatable bonds is 11. The molecule has 4 N–H and O–H groups in total. The van der Waals surface area contributed by atoms with Crippen LogP contribution < -0.4 is 11.1 Å². The molecule has 0 bridgehead atoms. The van der Waals surface area contributed by atoms with Gasteiger partial charge in [-0.25, -0.2) is 4.79 Å². The molecule has 1 aromatic rings. The van der Waals surface area contributed by atoms with Crippen LogP contribution in [-0.2, 0) is 9.53 Å². The highest BCUT2D eigenvalue weighted by molar-refractivity contribution is 6.34. The normalized spacial score (nSPS) is 15.8. The molecule has 8 nitrogen and oxygen atoms in total. The number of piperazine rings is 1. The molecule has 0 amide bonds. The van der Waals surface area contributed by atoms with Crippen molar-refractivity contribution in [2.45, 2.75) is 20.3 Å². The van der Waals surface area contributed by atoms with E-state index in [1.165, 1.54) is 0 Å². The lowest BCUT2D eigenvalue weighted by molar-refractivity contribution is -0.137. The summed E-state index contributed by atoms with van der Waals surface area (Å²) in [4.78, 5) is 29.6. The number of ketones is 1. The second kappa shape index (κ2) is 12.4. The van der Waals surface area contributed by atoms with Crippen LogP contribution in [-0.4, -0.2) is 79.7 Å². The van der Waals surface area contributed by atoms with Gasteiger partial charge in [-0.15, -0.1) is 0 Å². The first kappa shape index (κ1) is 24.8. The number of ether oxygens (including phenoxy) is 1. The zero-order chi connectivity index (χ0) is 22.8. The van der Waals surface area contributed by atoms with Gasteiger partial charge >= 0.3 is 5.97 Å². The quantitative estimate of drug-likeness (QED) is 0.205. The van der Waals surface area contributed by atoms with Crippen LogP contribution in [0.4, 0.5) is 0 Å². The molecule has 170 valence electrons. The standard InChI is InChI=1S/C22H32ClN5O3/c1-3-18(24)20(21(25)26-9-10-28-13-11-27(4-2)12-14-28)22(30)31-15-19(29)16-7-5-6-8-17(16)23/h5-8,24,26H,3-4,9-15,25H2,1-2H3/b21-20+,24-18?. The number of carbonyl (C=O) groups is 2.